The van der Waals surface area contributed by atoms with Crippen LogP contribution in [-0.2, 0) is 9.59 Å². The molecule has 0 saturated carbocycles. The number of aryl methyl sites for hydroxylation is 2. The predicted octanol–water partition coefficient (Wildman–Crippen LogP) is 2.28. The number of anilines is 2. The third kappa shape index (κ3) is 2.72. The fourth-order valence-corrected chi connectivity index (χ4v) is 2.53. The van der Waals surface area contributed by atoms with Crippen molar-refractivity contribution in [2.75, 3.05) is 16.8 Å². The molecule has 3 rings (SSSR count). The summed E-state index contributed by atoms with van der Waals surface area (Å²) in [4.78, 5) is 25.9. The number of para-hydroxylation sites is 1. The van der Waals surface area contributed by atoms with Gasteiger partial charge in [-0.3, -0.25) is 14.5 Å². The molecule has 0 aliphatic carbocycles. The summed E-state index contributed by atoms with van der Waals surface area (Å²) in [5.74, 6) is 0.456. The number of amides is 2. The molecule has 22 heavy (non-hydrogen) atoms. The molecule has 2 amide bonds. The lowest BCUT2D eigenvalue weighted by atomic mass is 10.1. The highest BCUT2D eigenvalue weighted by atomic mass is 16.5. The minimum Gasteiger partial charge on any atom is -0.360 e. The fourth-order valence-electron chi connectivity index (χ4n) is 2.53. The number of hydrogen-bond donors (Lipinski definition) is 1. The Morgan fingerprint density at radius 3 is 2.82 bits per heavy atom. The Kier molecular flexibility index (Phi) is 3.66. The Balaban J connectivity index is 1.70. The van der Waals surface area contributed by atoms with E-state index in [1.54, 1.807) is 13.0 Å². The molecule has 1 aromatic carbocycles. The van der Waals surface area contributed by atoms with Crippen LogP contribution in [0.5, 0.6) is 0 Å². The number of carbonyl (C=O) groups excluding carboxylic acids is 2. The summed E-state index contributed by atoms with van der Waals surface area (Å²) in [6.07, 6.45) is 0.184. The molecule has 1 aliphatic rings. The molecular formula is C16H17N3O3. The van der Waals surface area contributed by atoms with Crippen molar-refractivity contribution in [2.24, 2.45) is 5.92 Å². The molecule has 1 aromatic heterocycles. The van der Waals surface area contributed by atoms with Crippen LogP contribution < -0.4 is 10.2 Å². The Labute approximate surface area is 128 Å². The van der Waals surface area contributed by atoms with Gasteiger partial charge in [-0.2, -0.15) is 0 Å². The first kappa shape index (κ1) is 14.3. The van der Waals surface area contributed by atoms with Gasteiger partial charge in [-0.15, -0.1) is 0 Å². The maximum Gasteiger partial charge on any atom is 0.229 e. The van der Waals surface area contributed by atoms with Gasteiger partial charge in [-0.1, -0.05) is 23.4 Å². The highest BCUT2D eigenvalue weighted by molar-refractivity contribution is 6.03. The molecule has 6 nitrogen and oxygen atoms in total. The second-order valence-electron chi connectivity index (χ2n) is 5.51. The van der Waals surface area contributed by atoms with Gasteiger partial charge in [-0.25, -0.2) is 0 Å². The number of carbonyl (C=O) groups is 2. The van der Waals surface area contributed by atoms with Gasteiger partial charge in [0.1, 0.15) is 5.76 Å². The second-order valence-corrected chi connectivity index (χ2v) is 5.51. The number of benzene rings is 1. The fraction of sp³-hybridized carbons (Fsp3) is 0.312. The van der Waals surface area contributed by atoms with Crippen LogP contribution in [0.4, 0.5) is 11.5 Å². The van der Waals surface area contributed by atoms with Crippen molar-refractivity contribution in [3.63, 3.8) is 0 Å². The van der Waals surface area contributed by atoms with Crippen LogP contribution in [0.2, 0.25) is 0 Å². The monoisotopic (exact) mass is 299 g/mol. The lowest BCUT2D eigenvalue weighted by Crippen LogP contribution is -2.28. The van der Waals surface area contributed by atoms with Crippen LogP contribution in [0.15, 0.2) is 34.9 Å². The van der Waals surface area contributed by atoms with E-state index in [0.29, 0.717) is 18.1 Å². The Morgan fingerprint density at radius 2 is 2.14 bits per heavy atom. The van der Waals surface area contributed by atoms with Gasteiger partial charge in [0.25, 0.3) is 0 Å². The normalized spacial score (nSPS) is 17.8. The smallest absolute Gasteiger partial charge is 0.229 e. The number of nitrogens with zero attached hydrogens (tertiary/aromatic N) is 2. The number of aromatic nitrogens is 1. The largest absolute Gasteiger partial charge is 0.360 e. The molecule has 0 bridgehead atoms. The molecule has 1 saturated heterocycles. The summed E-state index contributed by atoms with van der Waals surface area (Å²) >= 11 is 0. The van der Waals surface area contributed by atoms with Crippen LogP contribution in [0.1, 0.15) is 17.7 Å². The molecule has 1 atom stereocenters. The Morgan fingerprint density at radius 1 is 1.36 bits per heavy atom. The molecule has 1 unspecified atom stereocenters. The van der Waals surface area contributed by atoms with E-state index < -0.39 is 0 Å². The summed E-state index contributed by atoms with van der Waals surface area (Å²) in [5.41, 5.74) is 1.76. The SMILES string of the molecule is Cc1cc(N2CC(C(=O)Nc3ccccc3C)CC2=O)no1. The zero-order chi connectivity index (χ0) is 15.7. The van der Waals surface area contributed by atoms with E-state index in [-0.39, 0.29) is 24.2 Å². The average Bonchev–Trinajstić information content (AvgIpc) is 3.07. The van der Waals surface area contributed by atoms with Gasteiger partial charge in [0.05, 0.1) is 5.92 Å². The Bertz CT molecular complexity index is 723. The van der Waals surface area contributed by atoms with Crippen molar-refractivity contribution in [3.8, 4) is 0 Å². The molecule has 2 heterocycles. The van der Waals surface area contributed by atoms with Gasteiger partial charge in [0.2, 0.25) is 11.8 Å². The topological polar surface area (TPSA) is 75.4 Å². The van der Waals surface area contributed by atoms with E-state index in [2.05, 4.69) is 10.5 Å². The first-order valence-electron chi connectivity index (χ1n) is 7.15. The van der Waals surface area contributed by atoms with E-state index in [4.69, 9.17) is 4.52 Å². The van der Waals surface area contributed by atoms with Crippen LogP contribution in [0.3, 0.4) is 0 Å². The van der Waals surface area contributed by atoms with E-state index >= 15 is 0 Å². The van der Waals surface area contributed by atoms with Crippen molar-refractivity contribution in [1.82, 2.24) is 5.16 Å². The minimum atomic E-state index is -0.385. The van der Waals surface area contributed by atoms with E-state index in [1.807, 2.05) is 31.2 Å². The molecule has 0 spiro atoms. The van der Waals surface area contributed by atoms with Crippen molar-refractivity contribution in [3.05, 3.63) is 41.7 Å². The van der Waals surface area contributed by atoms with Gasteiger partial charge in [-0.05, 0) is 25.5 Å². The molecule has 2 aromatic rings. The number of nitrogens with one attached hydrogen (secondary N) is 1. The second kappa shape index (κ2) is 5.63. The van der Waals surface area contributed by atoms with Crippen molar-refractivity contribution in [2.45, 2.75) is 20.3 Å². The molecule has 1 aliphatic heterocycles. The summed E-state index contributed by atoms with van der Waals surface area (Å²) in [7, 11) is 0. The van der Waals surface area contributed by atoms with Crippen LogP contribution in [0.25, 0.3) is 0 Å². The molecule has 114 valence electrons. The summed E-state index contributed by atoms with van der Waals surface area (Å²) in [6.45, 7) is 4.02. The van der Waals surface area contributed by atoms with Crippen LogP contribution in [-0.4, -0.2) is 23.5 Å². The molecule has 0 radical (unpaired) electrons. The third-order valence-electron chi connectivity index (χ3n) is 3.79. The zero-order valence-corrected chi connectivity index (χ0v) is 12.5. The van der Waals surface area contributed by atoms with Gasteiger partial charge >= 0.3 is 0 Å². The van der Waals surface area contributed by atoms with Gasteiger partial charge < -0.3 is 9.84 Å². The average molecular weight is 299 g/mol. The lowest BCUT2D eigenvalue weighted by molar-refractivity contribution is -0.122. The van der Waals surface area contributed by atoms with Crippen molar-refractivity contribution in [1.29, 1.82) is 0 Å². The minimum absolute atomic E-state index is 0.113. The van der Waals surface area contributed by atoms with E-state index in [1.165, 1.54) is 4.90 Å². The lowest BCUT2D eigenvalue weighted by Gasteiger charge is -2.13. The maximum atomic E-state index is 12.4. The van der Waals surface area contributed by atoms with Crippen molar-refractivity contribution < 1.29 is 14.1 Å². The molecule has 1 N–H and O–H groups in total. The molecule has 6 heteroatoms. The van der Waals surface area contributed by atoms with E-state index in [9.17, 15) is 9.59 Å². The quantitative estimate of drug-likeness (QED) is 0.943. The summed E-state index contributed by atoms with van der Waals surface area (Å²) in [5, 5.41) is 6.73. The molecular weight excluding hydrogens is 282 g/mol. The van der Waals surface area contributed by atoms with Gasteiger partial charge in [0.15, 0.2) is 5.82 Å². The number of hydrogen-bond acceptors (Lipinski definition) is 4. The first-order chi connectivity index (χ1) is 10.5. The summed E-state index contributed by atoms with van der Waals surface area (Å²) in [6, 6.07) is 9.26. The summed E-state index contributed by atoms with van der Waals surface area (Å²) < 4.78 is 4.99. The van der Waals surface area contributed by atoms with Gasteiger partial charge in [0, 0.05) is 24.7 Å². The highest BCUT2D eigenvalue weighted by Crippen LogP contribution is 2.26. The van der Waals surface area contributed by atoms with E-state index in [0.717, 1.165) is 11.3 Å². The van der Waals surface area contributed by atoms with Crippen LogP contribution in [0, 0.1) is 19.8 Å². The predicted molar refractivity (Wildman–Crippen MR) is 81.5 cm³/mol. The molecule has 1 fully saturated rings. The maximum absolute atomic E-state index is 12.4. The zero-order valence-electron chi connectivity index (χ0n) is 12.5. The standard InChI is InChI=1S/C16H17N3O3/c1-10-5-3-4-6-13(10)17-16(21)12-8-15(20)19(9-12)14-7-11(2)22-18-14/h3-7,12H,8-9H2,1-2H3,(H,17,21). The number of rotatable bonds is 3. The Hall–Kier alpha value is -2.63. The van der Waals surface area contributed by atoms with Crippen LogP contribution >= 0.6 is 0 Å². The van der Waals surface area contributed by atoms with Crippen molar-refractivity contribution >= 4 is 23.3 Å². The highest BCUT2D eigenvalue weighted by Gasteiger charge is 2.36. The third-order valence-corrected chi connectivity index (χ3v) is 3.79. The first-order valence-corrected chi connectivity index (χ1v) is 7.15.